The third-order valence-electron chi connectivity index (χ3n) is 9.60. The van der Waals surface area contributed by atoms with E-state index in [2.05, 4.69) is 67.5 Å². The van der Waals surface area contributed by atoms with Gasteiger partial charge in [0, 0.05) is 12.2 Å². The molecule has 0 saturated carbocycles. The van der Waals surface area contributed by atoms with Crippen LogP contribution < -0.4 is 66.3 Å². The predicted octanol–water partition coefficient (Wildman–Crippen LogP) is -6.19. The molecule has 0 fully saturated rings. The SMILES string of the molecule is CC(C)[C@H](NC(=O)[C@@H](N)CCC(=O)O)C(=O)N[C@@H](CS)C(=O)N[C@@H](CCCC[NH3+])C(=O)N[C@@H](CCCC[NH3+])C(=O)N[C@@H](CCCC[NH3+])C(=O)N[C@@H](CCCC[NH3+])C(N)=O. The third kappa shape index (κ3) is 23.3. The number of nitrogens with one attached hydrogen (secondary N) is 6. The lowest BCUT2D eigenvalue weighted by molar-refractivity contribution is -0.369. The first-order chi connectivity index (χ1) is 28.0. The number of quaternary nitrogens is 4. The summed E-state index contributed by atoms with van der Waals surface area (Å²) in [7, 11) is 0. The molecule has 7 atom stereocenters. The van der Waals surface area contributed by atoms with Crippen molar-refractivity contribution in [1.29, 1.82) is 0 Å². The molecule has 0 rings (SSSR count). The van der Waals surface area contributed by atoms with Gasteiger partial charge in [0.05, 0.1) is 32.2 Å². The Hall–Kier alpha value is -4.09. The second kappa shape index (κ2) is 31.8. The molecule has 0 unspecified atom stereocenters. The summed E-state index contributed by atoms with van der Waals surface area (Å²) in [5.41, 5.74) is 26.7. The van der Waals surface area contributed by atoms with Gasteiger partial charge in [-0.3, -0.25) is 38.4 Å². The minimum Gasteiger partial charge on any atom is -0.481 e. The number of primary amides is 1. The molecule has 0 bridgehead atoms. The van der Waals surface area contributed by atoms with Gasteiger partial charge in [-0.25, -0.2) is 0 Å². The first-order valence-corrected chi connectivity index (χ1v) is 21.5. The van der Waals surface area contributed by atoms with Crippen molar-refractivity contribution in [3.63, 3.8) is 0 Å². The third-order valence-corrected chi connectivity index (χ3v) is 9.96. The van der Waals surface area contributed by atoms with Crippen molar-refractivity contribution in [3.05, 3.63) is 0 Å². The Morgan fingerprint density at radius 3 is 1.17 bits per heavy atom. The number of amides is 7. The van der Waals surface area contributed by atoms with Crippen molar-refractivity contribution < 1.29 is 66.4 Å². The Balaban J connectivity index is 6.22. The standard InChI is InChI=1S/C37H72N12O9S/c1-22(2)30(49-32(53)23(42)15-16-29(50)51)37(58)48-28(21-59)36(57)47-27(14-6-10-20-41)35(56)46-26(13-5-9-19-40)34(55)45-25(12-4-8-18-39)33(54)44-24(31(43)52)11-3-7-17-38/h22-28,30,59H,3-21,38-42H2,1-2H3,(H2,43,52)(H,44,54)(H,45,55)(H,46,56)(H,47,57)(H,48,58)(H,49,53)(H,50,51)/p+4/t23-,24-,25-,26-,27-,28-,30-/m0/s1. The zero-order valence-corrected chi connectivity index (χ0v) is 36.1. The summed E-state index contributed by atoms with van der Waals surface area (Å²) in [4.78, 5) is 104. The van der Waals surface area contributed by atoms with Gasteiger partial charge in [-0.1, -0.05) is 13.8 Å². The van der Waals surface area contributed by atoms with Crippen LogP contribution in [0.1, 0.15) is 104 Å². The van der Waals surface area contributed by atoms with Crippen molar-refractivity contribution >= 4 is 59.9 Å². The molecule has 21 nitrogen and oxygen atoms in total. The summed E-state index contributed by atoms with van der Waals surface area (Å²) in [6, 6.07) is -7.78. The zero-order valence-electron chi connectivity index (χ0n) is 35.2. The number of rotatable bonds is 34. The summed E-state index contributed by atoms with van der Waals surface area (Å²) in [5.74, 6) is -6.53. The van der Waals surface area contributed by atoms with Crippen molar-refractivity contribution in [2.45, 2.75) is 146 Å². The topological polar surface area (TPSA) is 392 Å². The van der Waals surface area contributed by atoms with E-state index in [-0.39, 0.29) is 37.9 Å². The van der Waals surface area contributed by atoms with Gasteiger partial charge >= 0.3 is 5.97 Å². The maximum Gasteiger partial charge on any atom is 0.303 e. The van der Waals surface area contributed by atoms with E-state index < -0.39 is 95.5 Å². The van der Waals surface area contributed by atoms with Crippen LogP contribution in [0.4, 0.5) is 0 Å². The van der Waals surface area contributed by atoms with Gasteiger partial charge in [0.1, 0.15) is 36.3 Å². The van der Waals surface area contributed by atoms with E-state index in [1.807, 2.05) is 0 Å². The summed E-state index contributed by atoms with van der Waals surface area (Å²) in [6.07, 6.45) is 5.34. The van der Waals surface area contributed by atoms with Crippen LogP contribution in [0.25, 0.3) is 0 Å². The highest BCUT2D eigenvalue weighted by Crippen LogP contribution is 2.10. The Kier molecular flexibility index (Phi) is 29.6. The number of carboxylic acid groups (broad SMARTS) is 1. The molecule has 0 spiro atoms. The fourth-order valence-electron chi connectivity index (χ4n) is 5.94. The Labute approximate surface area is 352 Å². The van der Waals surface area contributed by atoms with Crippen LogP contribution in [0.15, 0.2) is 0 Å². The number of aliphatic carboxylic acids is 1. The molecule has 0 aliphatic carbocycles. The minimum absolute atomic E-state index is 0.146. The van der Waals surface area contributed by atoms with E-state index in [1.165, 1.54) is 0 Å². The first-order valence-electron chi connectivity index (χ1n) is 20.8. The smallest absolute Gasteiger partial charge is 0.303 e. The highest BCUT2D eigenvalue weighted by molar-refractivity contribution is 7.80. The number of unbranched alkanes of at least 4 members (excludes halogenated alkanes) is 4. The summed E-state index contributed by atoms with van der Waals surface area (Å²) in [5, 5.41) is 24.9. The number of nitrogens with two attached hydrogens (primary N) is 2. The van der Waals surface area contributed by atoms with Crippen molar-refractivity contribution in [1.82, 2.24) is 31.9 Å². The van der Waals surface area contributed by atoms with Crippen LogP contribution in [-0.2, 0) is 38.4 Å². The van der Waals surface area contributed by atoms with Gasteiger partial charge in [0.15, 0.2) is 0 Å². The average molecular weight is 865 g/mol. The maximum atomic E-state index is 13.9. The second-order valence-electron chi connectivity index (χ2n) is 15.1. The van der Waals surface area contributed by atoms with Crippen LogP contribution in [0.5, 0.6) is 0 Å². The fraction of sp³-hybridized carbons (Fsp3) is 0.784. The molecule has 22 heteroatoms. The van der Waals surface area contributed by atoms with Gasteiger partial charge in [-0.05, 0) is 89.4 Å². The number of carboxylic acids is 1. The Morgan fingerprint density at radius 1 is 0.508 bits per heavy atom. The molecule has 0 aromatic rings. The van der Waals surface area contributed by atoms with Crippen LogP contribution in [0.3, 0.4) is 0 Å². The molecule has 340 valence electrons. The minimum atomic E-state index is -1.25. The van der Waals surface area contributed by atoms with Crippen LogP contribution in [-0.4, -0.2) is 127 Å². The van der Waals surface area contributed by atoms with E-state index in [1.54, 1.807) is 13.8 Å². The normalized spacial score (nSPS) is 14.7. The molecule has 59 heavy (non-hydrogen) atoms. The van der Waals surface area contributed by atoms with E-state index in [4.69, 9.17) is 16.6 Å². The van der Waals surface area contributed by atoms with Gasteiger partial charge in [0.2, 0.25) is 41.4 Å². The highest BCUT2D eigenvalue weighted by atomic mass is 32.1. The number of carbonyl (C=O) groups is 8. The number of carbonyl (C=O) groups excluding carboxylic acids is 7. The lowest BCUT2D eigenvalue weighted by Crippen LogP contribution is -2.60. The Morgan fingerprint density at radius 2 is 0.847 bits per heavy atom. The quantitative estimate of drug-likeness (QED) is 0.0214. The van der Waals surface area contributed by atoms with Gasteiger partial charge < -0.3 is 71.4 Å². The molecule has 0 aromatic carbocycles. The van der Waals surface area contributed by atoms with Gasteiger partial charge in [-0.2, -0.15) is 12.6 Å². The molecular formula is C37H76N12O9S+4. The number of hydrogen-bond donors (Lipinski definition) is 14. The molecular weight excluding hydrogens is 789 g/mol. The largest absolute Gasteiger partial charge is 0.481 e. The molecule has 0 aliphatic rings. The van der Waals surface area contributed by atoms with E-state index in [0.717, 1.165) is 6.42 Å². The lowest BCUT2D eigenvalue weighted by atomic mass is 10.0. The lowest BCUT2D eigenvalue weighted by Gasteiger charge is -2.28. The van der Waals surface area contributed by atoms with Gasteiger partial charge in [0.25, 0.3) is 0 Å². The molecule has 0 aromatic heterocycles. The Bertz CT molecular complexity index is 1330. The van der Waals surface area contributed by atoms with E-state index in [0.29, 0.717) is 77.5 Å². The second-order valence-corrected chi connectivity index (χ2v) is 15.4. The summed E-state index contributed by atoms with van der Waals surface area (Å²) in [6.45, 7) is 5.75. The molecule has 0 saturated heterocycles. The highest BCUT2D eigenvalue weighted by Gasteiger charge is 2.34. The molecule has 0 aliphatic heterocycles. The number of hydrogen-bond acceptors (Lipinski definition) is 10. The molecule has 23 N–H and O–H groups in total. The van der Waals surface area contributed by atoms with Crippen LogP contribution in [0, 0.1) is 5.92 Å². The van der Waals surface area contributed by atoms with Crippen molar-refractivity contribution in [3.8, 4) is 0 Å². The summed E-state index contributed by atoms with van der Waals surface area (Å²) >= 11 is 4.25. The van der Waals surface area contributed by atoms with Crippen LogP contribution in [0.2, 0.25) is 0 Å². The molecule has 0 radical (unpaired) electrons. The number of thiol groups is 1. The van der Waals surface area contributed by atoms with E-state index >= 15 is 0 Å². The average Bonchev–Trinajstić information content (AvgIpc) is 3.18. The monoisotopic (exact) mass is 865 g/mol. The summed E-state index contributed by atoms with van der Waals surface area (Å²) < 4.78 is 0. The molecule has 7 amide bonds. The van der Waals surface area contributed by atoms with Crippen molar-refractivity contribution in [2.75, 3.05) is 31.9 Å². The molecule has 0 heterocycles. The van der Waals surface area contributed by atoms with E-state index in [9.17, 15) is 38.4 Å². The zero-order chi connectivity index (χ0) is 44.9. The van der Waals surface area contributed by atoms with Gasteiger partial charge in [-0.15, -0.1) is 0 Å². The fourth-order valence-corrected chi connectivity index (χ4v) is 6.20. The maximum absolute atomic E-state index is 13.9. The van der Waals surface area contributed by atoms with Crippen LogP contribution >= 0.6 is 12.6 Å². The van der Waals surface area contributed by atoms with Crippen molar-refractivity contribution in [2.24, 2.45) is 17.4 Å². The predicted molar refractivity (Wildman–Crippen MR) is 221 cm³/mol. The first kappa shape index (κ1) is 54.9.